The maximum atomic E-state index is 15.0. The summed E-state index contributed by atoms with van der Waals surface area (Å²) in [5.74, 6) is -4.74. The number of rotatable bonds is 6. The minimum Gasteiger partial charge on any atom is -0.463 e. The molecule has 0 saturated carbocycles. The van der Waals surface area contributed by atoms with E-state index in [9.17, 15) is 28.8 Å². The van der Waals surface area contributed by atoms with Crippen molar-refractivity contribution < 1.29 is 47.3 Å². The van der Waals surface area contributed by atoms with Gasteiger partial charge in [-0.25, -0.2) is 9.36 Å². The molecule has 33 heavy (non-hydrogen) atoms. The molecule has 5 atom stereocenters. The molecule has 1 aromatic rings. The van der Waals surface area contributed by atoms with Crippen LogP contribution in [0, 0.1) is 12.9 Å². The fourth-order valence-electron chi connectivity index (χ4n) is 3.26. The van der Waals surface area contributed by atoms with E-state index in [0.717, 1.165) is 34.6 Å². The van der Waals surface area contributed by atoms with Crippen LogP contribution in [0.5, 0.6) is 0 Å². The van der Waals surface area contributed by atoms with Crippen molar-refractivity contribution in [1.82, 2.24) is 9.55 Å². The van der Waals surface area contributed by atoms with E-state index in [4.69, 9.17) is 23.7 Å². The van der Waals surface area contributed by atoms with Crippen LogP contribution in [0.2, 0.25) is 0 Å². The number of hydrogen-bond donors (Lipinski definition) is 1. The summed E-state index contributed by atoms with van der Waals surface area (Å²) in [4.78, 5) is 72.8. The summed E-state index contributed by atoms with van der Waals surface area (Å²) in [6.45, 7) is 4.66. The summed E-state index contributed by atoms with van der Waals surface area (Å²) >= 11 is 0. The molecule has 2 heterocycles. The topological polar surface area (TPSA) is 169 Å². The Morgan fingerprint density at radius 3 is 1.94 bits per heavy atom. The van der Waals surface area contributed by atoms with Gasteiger partial charge in [-0.1, -0.05) is 0 Å². The van der Waals surface area contributed by atoms with Gasteiger partial charge in [0.2, 0.25) is 5.95 Å². The Balaban J connectivity index is 2.72. The number of hydrogen-bond acceptors (Lipinski definition) is 11. The van der Waals surface area contributed by atoms with Gasteiger partial charge in [-0.3, -0.25) is 29.0 Å². The molecular weight excluding hydrogens is 451 g/mol. The van der Waals surface area contributed by atoms with Gasteiger partial charge in [0.25, 0.3) is 5.56 Å². The van der Waals surface area contributed by atoms with Gasteiger partial charge in [0, 0.05) is 27.7 Å². The molecule has 1 aromatic heterocycles. The van der Waals surface area contributed by atoms with E-state index in [0.29, 0.717) is 4.57 Å². The smallest absolute Gasteiger partial charge is 0.332 e. The summed E-state index contributed by atoms with van der Waals surface area (Å²) in [5, 5.41) is 0. The monoisotopic (exact) mass is 474 g/mol. The highest BCUT2D eigenvalue weighted by atomic mass is 19.1. The molecule has 14 heteroatoms. The van der Waals surface area contributed by atoms with Gasteiger partial charge in [-0.05, 0) is 6.92 Å². The molecule has 13 nitrogen and oxygen atoms in total. The Morgan fingerprint density at radius 1 is 0.909 bits per heavy atom. The number of halogens is 1. The lowest BCUT2D eigenvalue weighted by molar-refractivity contribution is -0.270. The molecule has 1 aliphatic rings. The van der Waals surface area contributed by atoms with E-state index < -0.39 is 83.9 Å². The maximum absolute atomic E-state index is 15.0. The van der Waals surface area contributed by atoms with E-state index in [1.807, 2.05) is 4.98 Å². The number of aromatic nitrogens is 2. The van der Waals surface area contributed by atoms with Gasteiger partial charge in [-0.15, -0.1) is 0 Å². The highest BCUT2D eigenvalue weighted by Gasteiger charge is 2.53. The summed E-state index contributed by atoms with van der Waals surface area (Å²) in [6, 6.07) is 0. The Hall–Kier alpha value is -3.55. The Kier molecular flexibility index (Phi) is 8.08. The standard InChI is InChI=1S/C19H23FN2O11/c1-7-16(20)22(19(28)21-17(7)27)18-15(32-11(5)26)14(31-10(4)25)13(30-9(3)24)12(33-18)6-29-8(2)23/h12-15,18H,6H2,1-5H3,(H,21,27,28)/t12-,13-,14-,15+,18-/m0/s1. The van der Waals surface area contributed by atoms with Crippen LogP contribution in [0.1, 0.15) is 39.5 Å². The number of aromatic amines is 1. The quantitative estimate of drug-likeness (QED) is 0.312. The SMILES string of the molecule is CC(=O)OC[C@@H]1O[C@H](n2c(F)c(C)c(=O)[nH]c2=O)[C@H](OC(C)=O)[C@@H](OC(C)=O)[C@H]1OC(C)=O. The van der Waals surface area contributed by atoms with Crippen molar-refractivity contribution >= 4 is 23.9 Å². The van der Waals surface area contributed by atoms with E-state index in [1.165, 1.54) is 0 Å². The number of nitrogens with one attached hydrogen (secondary N) is 1. The second-order valence-corrected chi connectivity index (χ2v) is 7.13. The molecule has 0 radical (unpaired) electrons. The molecule has 2 rings (SSSR count). The van der Waals surface area contributed by atoms with Gasteiger partial charge in [0.05, 0.1) is 5.56 Å². The van der Waals surface area contributed by atoms with Crippen LogP contribution in [-0.4, -0.2) is 64.5 Å². The lowest BCUT2D eigenvalue weighted by Gasteiger charge is -2.44. The van der Waals surface area contributed by atoms with Gasteiger partial charge >= 0.3 is 29.6 Å². The molecule has 182 valence electrons. The molecule has 0 amide bonds. The predicted molar refractivity (Wildman–Crippen MR) is 103 cm³/mol. The summed E-state index contributed by atoms with van der Waals surface area (Å²) < 4.78 is 41.5. The first-order chi connectivity index (χ1) is 15.3. The molecule has 1 saturated heterocycles. The van der Waals surface area contributed by atoms with E-state index >= 15 is 4.39 Å². The zero-order chi connectivity index (χ0) is 25.0. The van der Waals surface area contributed by atoms with E-state index in [-0.39, 0.29) is 0 Å². The molecule has 1 N–H and O–H groups in total. The highest BCUT2D eigenvalue weighted by Crippen LogP contribution is 2.34. The minimum absolute atomic E-state index is 0.353. The first kappa shape index (κ1) is 25.7. The highest BCUT2D eigenvalue weighted by molar-refractivity contribution is 5.68. The van der Waals surface area contributed by atoms with Gasteiger partial charge < -0.3 is 23.7 Å². The lowest BCUT2D eigenvalue weighted by Crippen LogP contribution is -2.62. The molecule has 1 aliphatic heterocycles. The number of carbonyl (C=O) groups is 4. The van der Waals surface area contributed by atoms with Crippen molar-refractivity contribution in [1.29, 1.82) is 0 Å². The normalized spacial score (nSPS) is 24.5. The van der Waals surface area contributed by atoms with Crippen LogP contribution in [0.25, 0.3) is 0 Å². The summed E-state index contributed by atoms with van der Waals surface area (Å²) in [6.07, 6.45) is -7.99. The second-order valence-electron chi connectivity index (χ2n) is 7.13. The number of carbonyl (C=O) groups excluding carboxylic acids is 4. The van der Waals surface area contributed by atoms with Crippen LogP contribution < -0.4 is 11.2 Å². The molecule has 0 bridgehead atoms. The average Bonchev–Trinajstić information content (AvgIpc) is 2.68. The van der Waals surface area contributed by atoms with Crippen molar-refractivity contribution in [2.24, 2.45) is 0 Å². The van der Waals surface area contributed by atoms with Gasteiger partial charge in [-0.2, -0.15) is 4.39 Å². The number of esters is 4. The van der Waals surface area contributed by atoms with Crippen molar-refractivity contribution in [3.05, 3.63) is 32.3 Å². The summed E-state index contributed by atoms with van der Waals surface area (Å²) in [5.41, 5.74) is -2.74. The largest absolute Gasteiger partial charge is 0.463 e. The number of H-pyrrole nitrogens is 1. The molecule has 0 aromatic carbocycles. The maximum Gasteiger partial charge on any atom is 0.332 e. The molecular formula is C19H23FN2O11. The molecule has 1 fully saturated rings. The third-order valence-electron chi connectivity index (χ3n) is 4.52. The Labute approximate surface area is 185 Å². The Bertz CT molecular complexity index is 1060. The van der Waals surface area contributed by atoms with Crippen molar-refractivity contribution in [2.75, 3.05) is 6.61 Å². The van der Waals surface area contributed by atoms with Gasteiger partial charge in [0.15, 0.2) is 24.5 Å². The lowest BCUT2D eigenvalue weighted by atomic mass is 9.97. The number of ether oxygens (including phenoxy) is 5. The molecule has 0 aliphatic carbocycles. The molecule has 0 unspecified atom stereocenters. The van der Waals surface area contributed by atoms with Crippen molar-refractivity contribution in [2.45, 2.75) is 65.3 Å². The first-order valence-corrected chi connectivity index (χ1v) is 9.64. The van der Waals surface area contributed by atoms with Crippen LogP contribution in [0.3, 0.4) is 0 Å². The van der Waals surface area contributed by atoms with Crippen LogP contribution in [0.15, 0.2) is 9.59 Å². The second kappa shape index (κ2) is 10.4. The van der Waals surface area contributed by atoms with Crippen molar-refractivity contribution in [3.63, 3.8) is 0 Å². The zero-order valence-corrected chi connectivity index (χ0v) is 18.4. The summed E-state index contributed by atoms with van der Waals surface area (Å²) in [7, 11) is 0. The average molecular weight is 474 g/mol. The molecule has 0 spiro atoms. The zero-order valence-electron chi connectivity index (χ0n) is 18.4. The van der Waals surface area contributed by atoms with Crippen LogP contribution in [0.4, 0.5) is 4.39 Å². The van der Waals surface area contributed by atoms with Crippen LogP contribution in [-0.2, 0) is 42.9 Å². The number of nitrogens with zero attached hydrogens (tertiary/aromatic N) is 1. The third-order valence-corrected chi connectivity index (χ3v) is 4.52. The fourth-order valence-corrected chi connectivity index (χ4v) is 3.26. The van der Waals surface area contributed by atoms with E-state index in [1.54, 1.807) is 0 Å². The van der Waals surface area contributed by atoms with E-state index in [2.05, 4.69) is 0 Å². The fraction of sp³-hybridized carbons (Fsp3) is 0.579. The predicted octanol–water partition coefficient (Wildman–Crippen LogP) is -0.760. The Morgan fingerprint density at radius 2 is 1.42 bits per heavy atom. The third kappa shape index (κ3) is 6.03. The first-order valence-electron chi connectivity index (χ1n) is 9.64. The minimum atomic E-state index is -1.81. The van der Waals surface area contributed by atoms with Crippen LogP contribution >= 0.6 is 0 Å². The van der Waals surface area contributed by atoms with Crippen molar-refractivity contribution in [3.8, 4) is 0 Å². The van der Waals surface area contributed by atoms with Gasteiger partial charge in [0.1, 0.15) is 12.7 Å².